The fraction of sp³-hybridized carbons (Fsp3) is 0.444. The number of rotatable bonds is 0. The van der Waals surface area contributed by atoms with E-state index < -0.39 is 0 Å². The topological polar surface area (TPSA) is 25.4 Å². The van der Waals surface area contributed by atoms with Crippen molar-refractivity contribution in [2.75, 3.05) is 6.61 Å². The van der Waals surface area contributed by atoms with Crippen molar-refractivity contribution in [1.82, 2.24) is 4.98 Å². The van der Waals surface area contributed by atoms with Crippen molar-refractivity contribution in [3.05, 3.63) is 29.6 Å². The van der Waals surface area contributed by atoms with Crippen LogP contribution >= 0.6 is 0 Å². The van der Waals surface area contributed by atoms with Gasteiger partial charge in [0.05, 0.1) is 6.61 Å². The number of aryl methyl sites for hydroxylation is 1. The average Bonchev–Trinajstić information content (AvgIpc) is 2.72. The van der Waals surface area contributed by atoms with Crippen molar-refractivity contribution >= 4 is 0 Å². The van der Waals surface area contributed by atoms with Gasteiger partial charge in [0.15, 0.2) is 0 Å². The van der Waals surface area contributed by atoms with E-state index in [1.807, 2.05) is 12.4 Å². The van der Waals surface area contributed by atoms with Gasteiger partial charge in [0.25, 0.3) is 0 Å². The monoisotopic (exact) mass is 147 g/mol. The number of aromatic nitrogens is 1. The number of hydrogen-bond acceptors (Lipinski definition) is 2. The van der Waals surface area contributed by atoms with Crippen LogP contribution in [0.1, 0.15) is 17.5 Å². The van der Waals surface area contributed by atoms with E-state index in [1.165, 1.54) is 11.1 Å². The van der Waals surface area contributed by atoms with Crippen molar-refractivity contribution in [3.63, 3.8) is 0 Å². The molecule has 0 bridgehead atoms. The second-order valence-corrected chi connectivity index (χ2v) is 3.32. The molecule has 3 rings (SSSR count). The molecule has 2 heteroatoms. The van der Waals surface area contributed by atoms with Gasteiger partial charge >= 0.3 is 0 Å². The van der Waals surface area contributed by atoms with Crippen LogP contribution in [0.3, 0.4) is 0 Å². The zero-order chi connectivity index (χ0) is 7.31. The largest absolute Gasteiger partial charge is 0.364 e. The number of epoxide rings is 1. The Morgan fingerprint density at radius 3 is 3.27 bits per heavy atom. The highest BCUT2D eigenvalue weighted by molar-refractivity contribution is 5.37. The highest BCUT2D eigenvalue weighted by atomic mass is 16.6. The maximum Gasteiger partial charge on any atom is 0.117 e. The molecule has 0 N–H and O–H groups in total. The van der Waals surface area contributed by atoms with Crippen LogP contribution in [0.5, 0.6) is 0 Å². The lowest BCUT2D eigenvalue weighted by molar-refractivity contribution is 0.308. The third kappa shape index (κ3) is 0.627. The summed E-state index contributed by atoms with van der Waals surface area (Å²) in [7, 11) is 0. The Hall–Kier alpha value is -0.890. The Labute approximate surface area is 65.2 Å². The molecule has 2 aliphatic rings. The molecule has 1 spiro atoms. The number of ether oxygens (including phenoxy) is 1. The number of pyridine rings is 1. The molecule has 1 aliphatic carbocycles. The standard InChI is InChI=1S/C9H9NO/c1-3-9(6-11-9)8-2-4-10-5-7(1)8/h2,4-5H,1,3,6H2. The van der Waals surface area contributed by atoms with Crippen molar-refractivity contribution in [3.8, 4) is 0 Å². The van der Waals surface area contributed by atoms with Gasteiger partial charge in [0, 0.05) is 12.4 Å². The molecule has 0 amide bonds. The van der Waals surface area contributed by atoms with E-state index in [9.17, 15) is 0 Å². The second-order valence-electron chi connectivity index (χ2n) is 3.32. The molecule has 1 aliphatic heterocycles. The summed E-state index contributed by atoms with van der Waals surface area (Å²) >= 11 is 0. The summed E-state index contributed by atoms with van der Waals surface area (Å²) in [6.45, 7) is 0.921. The molecule has 0 saturated carbocycles. The molecule has 1 atom stereocenters. The lowest BCUT2D eigenvalue weighted by Crippen LogP contribution is -2.01. The molecule has 1 aromatic heterocycles. The Balaban J connectivity index is 2.21. The van der Waals surface area contributed by atoms with Crippen molar-refractivity contribution in [2.24, 2.45) is 0 Å². The maximum absolute atomic E-state index is 5.46. The van der Waals surface area contributed by atoms with Gasteiger partial charge < -0.3 is 4.74 Å². The van der Waals surface area contributed by atoms with Crippen LogP contribution < -0.4 is 0 Å². The molecule has 2 heterocycles. The summed E-state index contributed by atoms with van der Waals surface area (Å²) in [5.41, 5.74) is 2.90. The Kier molecular flexibility index (Phi) is 0.853. The van der Waals surface area contributed by atoms with Gasteiger partial charge in [0.2, 0.25) is 0 Å². The maximum atomic E-state index is 5.46. The first kappa shape index (κ1) is 5.72. The number of fused-ring (bicyclic) bond motifs is 2. The van der Waals surface area contributed by atoms with Crippen LogP contribution in [0.15, 0.2) is 18.5 Å². The van der Waals surface area contributed by atoms with Gasteiger partial charge in [-0.05, 0) is 30.0 Å². The molecule has 0 aromatic carbocycles. The van der Waals surface area contributed by atoms with E-state index in [1.54, 1.807) is 0 Å². The van der Waals surface area contributed by atoms with E-state index in [-0.39, 0.29) is 5.60 Å². The van der Waals surface area contributed by atoms with Gasteiger partial charge in [-0.1, -0.05) is 0 Å². The minimum absolute atomic E-state index is 0.137. The lowest BCUT2D eigenvalue weighted by atomic mass is 10.0. The quantitative estimate of drug-likeness (QED) is 0.516. The third-order valence-corrected chi connectivity index (χ3v) is 2.69. The normalized spacial score (nSPS) is 32.4. The molecule has 0 radical (unpaired) electrons. The Morgan fingerprint density at radius 1 is 1.55 bits per heavy atom. The molecule has 11 heavy (non-hydrogen) atoms. The molecular formula is C9H9NO. The third-order valence-electron chi connectivity index (χ3n) is 2.69. The molecule has 1 fully saturated rings. The fourth-order valence-electron chi connectivity index (χ4n) is 1.93. The summed E-state index contributed by atoms with van der Waals surface area (Å²) in [6, 6.07) is 2.09. The summed E-state index contributed by atoms with van der Waals surface area (Å²) in [4.78, 5) is 4.09. The van der Waals surface area contributed by atoms with Crippen LogP contribution in [0.2, 0.25) is 0 Å². The zero-order valence-electron chi connectivity index (χ0n) is 6.21. The smallest absolute Gasteiger partial charge is 0.117 e. The fourth-order valence-corrected chi connectivity index (χ4v) is 1.93. The Bertz CT molecular complexity index is 304. The van der Waals surface area contributed by atoms with Crippen molar-refractivity contribution in [2.45, 2.75) is 18.4 Å². The molecule has 1 unspecified atom stereocenters. The first-order valence-electron chi connectivity index (χ1n) is 3.98. The van der Waals surface area contributed by atoms with Crippen LogP contribution in [-0.2, 0) is 16.8 Å². The van der Waals surface area contributed by atoms with E-state index in [2.05, 4.69) is 11.1 Å². The van der Waals surface area contributed by atoms with E-state index in [4.69, 9.17) is 4.74 Å². The molecular weight excluding hydrogens is 138 g/mol. The minimum Gasteiger partial charge on any atom is -0.364 e. The highest BCUT2D eigenvalue weighted by Gasteiger charge is 2.50. The molecule has 1 saturated heterocycles. The van der Waals surface area contributed by atoms with Gasteiger partial charge in [-0.3, -0.25) is 4.98 Å². The molecule has 2 nitrogen and oxygen atoms in total. The van der Waals surface area contributed by atoms with Gasteiger partial charge in [-0.25, -0.2) is 0 Å². The average molecular weight is 147 g/mol. The van der Waals surface area contributed by atoms with E-state index in [0.29, 0.717) is 0 Å². The predicted octanol–water partition coefficient (Wildman–Crippen LogP) is 1.25. The van der Waals surface area contributed by atoms with Crippen LogP contribution in [0, 0.1) is 0 Å². The van der Waals surface area contributed by atoms with Gasteiger partial charge in [-0.15, -0.1) is 0 Å². The van der Waals surface area contributed by atoms with Crippen LogP contribution in [-0.4, -0.2) is 11.6 Å². The van der Waals surface area contributed by atoms with Crippen LogP contribution in [0.4, 0.5) is 0 Å². The summed E-state index contributed by atoms with van der Waals surface area (Å²) in [6.07, 6.45) is 6.12. The summed E-state index contributed by atoms with van der Waals surface area (Å²) in [5, 5.41) is 0. The van der Waals surface area contributed by atoms with Gasteiger partial charge in [0.1, 0.15) is 5.60 Å². The second kappa shape index (κ2) is 1.64. The van der Waals surface area contributed by atoms with Crippen molar-refractivity contribution < 1.29 is 4.74 Å². The Morgan fingerprint density at radius 2 is 2.45 bits per heavy atom. The number of hydrogen-bond donors (Lipinski definition) is 0. The van der Waals surface area contributed by atoms with E-state index in [0.717, 1.165) is 19.4 Å². The van der Waals surface area contributed by atoms with E-state index >= 15 is 0 Å². The predicted molar refractivity (Wildman–Crippen MR) is 40.2 cm³/mol. The molecule has 56 valence electrons. The minimum atomic E-state index is 0.137. The van der Waals surface area contributed by atoms with Crippen LogP contribution in [0.25, 0.3) is 0 Å². The molecule has 1 aromatic rings. The summed E-state index contributed by atoms with van der Waals surface area (Å²) in [5.74, 6) is 0. The highest BCUT2D eigenvalue weighted by Crippen LogP contribution is 2.48. The zero-order valence-corrected chi connectivity index (χ0v) is 6.21. The first-order chi connectivity index (χ1) is 5.41. The SMILES string of the molecule is c1cc2c(cn1)CCC21CO1. The lowest BCUT2D eigenvalue weighted by Gasteiger charge is -2.01. The van der Waals surface area contributed by atoms with Crippen molar-refractivity contribution in [1.29, 1.82) is 0 Å². The number of nitrogens with zero attached hydrogens (tertiary/aromatic N) is 1. The first-order valence-corrected chi connectivity index (χ1v) is 3.98. The van der Waals surface area contributed by atoms with Gasteiger partial charge in [-0.2, -0.15) is 0 Å². The summed E-state index contributed by atoms with van der Waals surface area (Å²) < 4.78 is 5.46.